The summed E-state index contributed by atoms with van der Waals surface area (Å²) in [6, 6.07) is 20.1. The van der Waals surface area contributed by atoms with Gasteiger partial charge in [0.15, 0.2) is 0 Å². The van der Waals surface area contributed by atoms with Crippen LogP contribution in [0.2, 0.25) is 0 Å². The third-order valence-corrected chi connectivity index (χ3v) is 7.09. The van der Waals surface area contributed by atoms with Gasteiger partial charge in [0.2, 0.25) is 0 Å². The van der Waals surface area contributed by atoms with Crippen molar-refractivity contribution >= 4 is 42.1 Å². The van der Waals surface area contributed by atoms with Crippen LogP contribution < -0.4 is 37.9 Å². The fourth-order valence-electron chi connectivity index (χ4n) is 3.55. The molecule has 2 aromatic carbocycles. The smallest absolute Gasteiger partial charge is 1.00 e. The van der Waals surface area contributed by atoms with E-state index in [0.29, 0.717) is 15.0 Å². The Morgan fingerprint density at radius 1 is 1.04 bits per heavy atom. The Morgan fingerprint density at radius 3 is 2.62 bits per heavy atom. The van der Waals surface area contributed by atoms with Gasteiger partial charge in [0, 0.05) is 0 Å². The molecule has 134 valence electrons. The summed E-state index contributed by atoms with van der Waals surface area (Å²) in [6.07, 6.45) is 2.40. The number of fused-ring (bicyclic) bond motifs is 2. The largest absolute Gasteiger partial charge is 1.00 e. The average molecular weight is 521 g/mol. The Morgan fingerprint density at radius 2 is 1.85 bits per heavy atom. The molecule has 0 unspecified atom stereocenters. The summed E-state index contributed by atoms with van der Waals surface area (Å²) < 4.78 is 5.36. The molecule has 0 aliphatic carbocycles. The van der Waals surface area contributed by atoms with Crippen molar-refractivity contribution in [2.45, 2.75) is 27.3 Å². The molecule has 0 spiro atoms. The number of benzene rings is 2. The standard InChI is InChI=1S/C22H23N2Se.HI/c1-4-23-18(12-11-17-14-16(3)10-13-19(17)23)15-22-24(5-2)20-8-6-7-9-21(20)25-22;/h6-15H,4-5H2,1-3H3;1H/q+1;/p-1. The van der Waals surface area contributed by atoms with Crippen LogP contribution >= 0.6 is 0 Å². The minimum atomic E-state index is 0. The van der Waals surface area contributed by atoms with Gasteiger partial charge in [-0.3, -0.25) is 0 Å². The first-order chi connectivity index (χ1) is 12.2. The summed E-state index contributed by atoms with van der Waals surface area (Å²) in [7, 11) is 0. The molecule has 0 amide bonds. The Kier molecular flexibility index (Phi) is 6.06. The fourth-order valence-corrected chi connectivity index (χ4v) is 6.01. The third-order valence-electron chi connectivity index (χ3n) is 4.76. The van der Waals surface area contributed by atoms with Gasteiger partial charge in [-0.15, -0.1) is 0 Å². The minimum Gasteiger partial charge on any atom is -1.00 e. The fraction of sp³-hybridized carbons (Fsp3) is 0.227. The second kappa shape index (κ2) is 8.12. The number of anilines is 1. The van der Waals surface area contributed by atoms with Gasteiger partial charge in [0.25, 0.3) is 0 Å². The Balaban J connectivity index is 0.00000196. The van der Waals surface area contributed by atoms with Crippen molar-refractivity contribution in [3.05, 3.63) is 70.5 Å². The Labute approximate surface area is 179 Å². The predicted octanol–water partition coefficient (Wildman–Crippen LogP) is 0.628. The molecule has 0 N–H and O–H groups in total. The summed E-state index contributed by atoms with van der Waals surface area (Å²) in [4.78, 5) is 2.47. The SMILES string of the molecule is CCN1/C(=C\c2ccc3cc(C)ccc3[n+]2CC)[Se]c2ccccc21.[I-]. The number of hydrogen-bond donors (Lipinski definition) is 0. The van der Waals surface area contributed by atoms with Crippen LogP contribution in [0.15, 0.2) is 59.2 Å². The van der Waals surface area contributed by atoms with E-state index in [9.17, 15) is 0 Å². The first kappa shape index (κ1) is 19.4. The van der Waals surface area contributed by atoms with E-state index >= 15 is 0 Å². The molecule has 4 rings (SSSR count). The molecule has 0 radical (unpaired) electrons. The summed E-state index contributed by atoms with van der Waals surface area (Å²) in [6.45, 7) is 8.62. The third kappa shape index (κ3) is 3.42. The number of halogens is 1. The number of nitrogens with zero attached hydrogens (tertiary/aromatic N) is 2. The number of rotatable bonds is 3. The van der Waals surface area contributed by atoms with Crippen LogP contribution in [-0.2, 0) is 6.54 Å². The van der Waals surface area contributed by atoms with E-state index in [0.717, 1.165) is 13.1 Å². The molecule has 2 nitrogen and oxygen atoms in total. The molecular formula is C22H23IN2Se. The zero-order valence-electron chi connectivity index (χ0n) is 15.4. The zero-order valence-corrected chi connectivity index (χ0v) is 19.2. The van der Waals surface area contributed by atoms with Crippen molar-refractivity contribution in [3.8, 4) is 0 Å². The molecule has 4 heteroatoms. The molecule has 0 atom stereocenters. The van der Waals surface area contributed by atoms with Gasteiger partial charge in [-0.1, -0.05) is 0 Å². The summed E-state index contributed by atoms with van der Waals surface area (Å²) >= 11 is 0.375. The van der Waals surface area contributed by atoms with Crippen LogP contribution in [0.4, 0.5) is 5.69 Å². The maximum Gasteiger partial charge on any atom is -1.00 e. The van der Waals surface area contributed by atoms with E-state index in [4.69, 9.17) is 0 Å². The van der Waals surface area contributed by atoms with E-state index in [1.54, 1.807) is 0 Å². The maximum absolute atomic E-state index is 2.47. The molecule has 0 bridgehead atoms. The van der Waals surface area contributed by atoms with Crippen molar-refractivity contribution in [1.82, 2.24) is 0 Å². The number of pyridine rings is 1. The number of para-hydroxylation sites is 1. The second-order valence-corrected chi connectivity index (χ2v) is 8.59. The van der Waals surface area contributed by atoms with Crippen molar-refractivity contribution in [3.63, 3.8) is 0 Å². The van der Waals surface area contributed by atoms with Crippen LogP contribution in [0.5, 0.6) is 0 Å². The molecule has 26 heavy (non-hydrogen) atoms. The second-order valence-electron chi connectivity index (χ2n) is 6.36. The van der Waals surface area contributed by atoms with Gasteiger partial charge in [-0.05, 0) is 0 Å². The van der Waals surface area contributed by atoms with E-state index in [-0.39, 0.29) is 24.0 Å². The topological polar surface area (TPSA) is 7.12 Å². The van der Waals surface area contributed by atoms with Gasteiger partial charge in [0.1, 0.15) is 0 Å². The van der Waals surface area contributed by atoms with E-state index in [1.165, 1.54) is 36.9 Å². The van der Waals surface area contributed by atoms with Gasteiger partial charge >= 0.3 is 156 Å². The zero-order chi connectivity index (χ0) is 17.4. The molecular weight excluding hydrogens is 498 g/mol. The molecule has 0 saturated carbocycles. The van der Waals surface area contributed by atoms with E-state index in [1.807, 2.05) is 0 Å². The van der Waals surface area contributed by atoms with E-state index in [2.05, 4.69) is 90.9 Å². The molecule has 3 aromatic rings. The maximum atomic E-state index is 2.47. The first-order valence-electron chi connectivity index (χ1n) is 8.90. The van der Waals surface area contributed by atoms with Crippen LogP contribution in [0.3, 0.4) is 0 Å². The van der Waals surface area contributed by atoms with Gasteiger partial charge in [-0.2, -0.15) is 0 Å². The van der Waals surface area contributed by atoms with Crippen molar-refractivity contribution in [1.29, 1.82) is 0 Å². The van der Waals surface area contributed by atoms with Crippen LogP contribution in [0.25, 0.3) is 17.0 Å². The number of aryl methyl sites for hydroxylation is 2. The quantitative estimate of drug-likeness (QED) is 0.279. The molecule has 1 aliphatic rings. The summed E-state index contributed by atoms with van der Waals surface area (Å²) in [5.74, 6) is 0. The van der Waals surface area contributed by atoms with E-state index < -0.39 is 0 Å². The summed E-state index contributed by atoms with van der Waals surface area (Å²) in [5, 5.41) is 1.32. The molecule has 1 aliphatic heterocycles. The van der Waals surface area contributed by atoms with Crippen molar-refractivity contribution < 1.29 is 28.5 Å². The molecule has 0 fully saturated rings. The molecule has 0 saturated heterocycles. The van der Waals surface area contributed by atoms with Crippen LogP contribution in [-0.4, -0.2) is 21.5 Å². The average Bonchev–Trinajstić information content (AvgIpc) is 2.98. The van der Waals surface area contributed by atoms with Crippen LogP contribution in [0.1, 0.15) is 25.1 Å². The van der Waals surface area contributed by atoms with Crippen molar-refractivity contribution in [2.75, 3.05) is 11.4 Å². The minimum absolute atomic E-state index is 0. The van der Waals surface area contributed by atoms with Gasteiger partial charge < -0.3 is 24.0 Å². The van der Waals surface area contributed by atoms with Gasteiger partial charge in [-0.25, -0.2) is 0 Å². The van der Waals surface area contributed by atoms with Crippen LogP contribution in [0, 0.1) is 6.92 Å². The normalized spacial score (nSPS) is 14.6. The monoisotopic (exact) mass is 522 g/mol. The molecule has 2 heterocycles. The molecule has 1 aromatic heterocycles. The van der Waals surface area contributed by atoms with Gasteiger partial charge in [0.05, 0.1) is 0 Å². The first-order valence-corrected chi connectivity index (χ1v) is 10.6. The van der Waals surface area contributed by atoms with Crippen molar-refractivity contribution in [2.24, 2.45) is 0 Å². The summed E-state index contributed by atoms with van der Waals surface area (Å²) in [5.41, 5.74) is 5.30. The number of hydrogen-bond acceptors (Lipinski definition) is 1. The predicted molar refractivity (Wildman–Crippen MR) is 107 cm³/mol. The Hall–Kier alpha value is -1.36. The number of aromatic nitrogens is 1. The Bertz CT molecular complexity index is 981.